The van der Waals surface area contributed by atoms with Crippen LogP contribution < -0.4 is 14.8 Å². The van der Waals surface area contributed by atoms with Crippen LogP contribution in [-0.4, -0.2) is 67.2 Å². The van der Waals surface area contributed by atoms with Gasteiger partial charge in [0, 0.05) is 42.5 Å². The zero-order valence-electron chi connectivity index (χ0n) is 18.9. The van der Waals surface area contributed by atoms with Crippen molar-refractivity contribution < 1.29 is 19.0 Å². The van der Waals surface area contributed by atoms with Crippen LogP contribution in [0.4, 0.5) is 0 Å². The minimum Gasteiger partial charge on any atom is -0.493 e. The zero-order valence-corrected chi connectivity index (χ0v) is 18.9. The minimum absolute atomic E-state index is 0.00229. The Hall–Kier alpha value is -2.84. The SMILES string of the molecule is C=CCn1nc(C(=O)N2CCOCC2)c2c1CC[C@H](NCc1cccc(OC)c1OC)C2. The van der Waals surface area contributed by atoms with Gasteiger partial charge < -0.3 is 24.4 Å². The highest BCUT2D eigenvalue weighted by Gasteiger charge is 2.31. The van der Waals surface area contributed by atoms with E-state index >= 15 is 0 Å². The van der Waals surface area contributed by atoms with Crippen molar-refractivity contribution >= 4 is 5.91 Å². The summed E-state index contributed by atoms with van der Waals surface area (Å²) >= 11 is 0. The molecule has 4 rings (SSSR count). The van der Waals surface area contributed by atoms with Crippen LogP contribution in [0.25, 0.3) is 0 Å². The van der Waals surface area contributed by atoms with Crippen molar-refractivity contribution in [2.45, 2.75) is 38.4 Å². The van der Waals surface area contributed by atoms with E-state index in [9.17, 15) is 4.79 Å². The van der Waals surface area contributed by atoms with Crippen LogP contribution >= 0.6 is 0 Å². The number of aromatic nitrogens is 2. The molecule has 2 aliphatic rings. The largest absolute Gasteiger partial charge is 0.493 e. The lowest BCUT2D eigenvalue weighted by Gasteiger charge is -2.28. The summed E-state index contributed by atoms with van der Waals surface area (Å²) in [6.45, 7) is 7.49. The molecule has 1 atom stereocenters. The first-order valence-electron chi connectivity index (χ1n) is 11.2. The van der Waals surface area contributed by atoms with Gasteiger partial charge in [0.15, 0.2) is 17.2 Å². The maximum absolute atomic E-state index is 13.2. The summed E-state index contributed by atoms with van der Waals surface area (Å²) < 4.78 is 18.3. The Morgan fingerprint density at radius 3 is 2.84 bits per heavy atom. The highest BCUT2D eigenvalue weighted by molar-refractivity contribution is 5.94. The van der Waals surface area contributed by atoms with E-state index in [1.807, 2.05) is 33.9 Å². The lowest BCUT2D eigenvalue weighted by molar-refractivity contribution is 0.0297. The number of ether oxygens (including phenoxy) is 3. The van der Waals surface area contributed by atoms with Crippen molar-refractivity contribution in [2.24, 2.45) is 0 Å². The van der Waals surface area contributed by atoms with Crippen molar-refractivity contribution in [2.75, 3.05) is 40.5 Å². The summed E-state index contributed by atoms with van der Waals surface area (Å²) in [6.07, 6.45) is 4.45. The molecule has 1 aliphatic carbocycles. The molecule has 8 heteroatoms. The number of morpholine rings is 1. The fourth-order valence-corrected chi connectivity index (χ4v) is 4.57. The number of fused-ring (bicyclic) bond motifs is 1. The molecular weight excluding hydrogens is 408 g/mol. The van der Waals surface area contributed by atoms with Gasteiger partial charge in [0.1, 0.15) is 0 Å². The number of nitrogens with zero attached hydrogens (tertiary/aromatic N) is 3. The molecule has 0 spiro atoms. The average Bonchev–Trinajstić information content (AvgIpc) is 3.20. The summed E-state index contributed by atoms with van der Waals surface area (Å²) in [5.74, 6) is 1.48. The number of benzene rings is 1. The van der Waals surface area contributed by atoms with E-state index in [1.54, 1.807) is 14.2 Å². The van der Waals surface area contributed by atoms with Crippen LogP contribution in [0, 0.1) is 0 Å². The van der Waals surface area contributed by atoms with Crippen molar-refractivity contribution in [3.05, 3.63) is 53.4 Å². The summed E-state index contributed by atoms with van der Waals surface area (Å²) in [7, 11) is 3.30. The Labute approximate surface area is 189 Å². The Balaban J connectivity index is 1.52. The molecular formula is C24H32N4O4. The first kappa shape index (κ1) is 22.4. The van der Waals surface area contributed by atoms with Crippen molar-refractivity contribution in [1.29, 1.82) is 0 Å². The third-order valence-corrected chi connectivity index (χ3v) is 6.22. The van der Waals surface area contributed by atoms with Gasteiger partial charge in [-0.1, -0.05) is 18.2 Å². The molecule has 172 valence electrons. The van der Waals surface area contributed by atoms with E-state index in [4.69, 9.17) is 19.3 Å². The van der Waals surface area contributed by atoms with Crippen molar-refractivity contribution in [1.82, 2.24) is 20.0 Å². The number of nitrogens with one attached hydrogen (secondary N) is 1. The smallest absolute Gasteiger partial charge is 0.274 e. The monoisotopic (exact) mass is 440 g/mol. The quantitative estimate of drug-likeness (QED) is 0.634. The van der Waals surface area contributed by atoms with Crippen LogP contribution in [0.2, 0.25) is 0 Å². The number of para-hydroxylation sites is 1. The van der Waals surface area contributed by atoms with E-state index in [-0.39, 0.29) is 11.9 Å². The highest BCUT2D eigenvalue weighted by Crippen LogP contribution is 2.31. The van der Waals surface area contributed by atoms with Crippen molar-refractivity contribution in [3.8, 4) is 11.5 Å². The van der Waals surface area contributed by atoms with Gasteiger partial charge in [0.2, 0.25) is 0 Å². The third kappa shape index (κ3) is 4.52. The Kier molecular flexibility index (Phi) is 7.12. The first-order valence-corrected chi connectivity index (χ1v) is 11.2. The molecule has 0 saturated carbocycles. The molecule has 1 saturated heterocycles. The topological polar surface area (TPSA) is 77.9 Å². The molecule has 32 heavy (non-hydrogen) atoms. The Bertz CT molecular complexity index is 965. The molecule has 0 bridgehead atoms. The predicted octanol–water partition coefficient (Wildman–Crippen LogP) is 2.21. The van der Waals surface area contributed by atoms with Crippen LogP contribution in [0.5, 0.6) is 11.5 Å². The number of methoxy groups -OCH3 is 2. The minimum atomic E-state index is 0.00229. The van der Waals surface area contributed by atoms with Crippen LogP contribution in [0.1, 0.15) is 33.7 Å². The number of carbonyl (C=O) groups excluding carboxylic acids is 1. The molecule has 1 amide bonds. The van der Waals surface area contributed by atoms with Crippen molar-refractivity contribution in [3.63, 3.8) is 0 Å². The second-order valence-corrected chi connectivity index (χ2v) is 8.12. The number of carbonyl (C=O) groups is 1. The van der Waals surface area contributed by atoms with Gasteiger partial charge in [-0.2, -0.15) is 5.10 Å². The maximum Gasteiger partial charge on any atom is 0.274 e. The van der Waals surface area contributed by atoms with Gasteiger partial charge in [-0.05, 0) is 25.3 Å². The Morgan fingerprint density at radius 2 is 2.12 bits per heavy atom. The molecule has 0 unspecified atom stereocenters. The molecule has 8 nitrogen and oxygen atoms in total. The molecule has 1 fully saturated rings. The molecule has 1 aliphatic heterocycles. The van der Waals surface area contributed by atoms with Crippen LogP contribution in [0.3, 0.4) is 0 Å². The number of allylic oxidation sites excluding steroid dienone is 1. The van der Waals surface area contributed by atoms with E-state index in [2.05, 4.69) is 11.9 Å². The second kappa shape index (κ2) is 10.2. The predicted molar refractivity (Wildman–Crippen MR) is 121 cm³/mol. The molecule has 2 aromatic rings. The summed E-state index contributed by atoms with van der Waals surface area (Å²) in [5.41, 5.74) is 3.84. The summed E-state index contributed by atoms with van der Waals surface area (Å²) in [4.78, 5) is 15.1. The maximum atomic E-state index is 13.2. The van der Waals surface area contributed by atoms with Gasteiger partial charge >= 0.3 is 0 Å². The standard InChI is InChI=1S/C24H32N4O4/c1-4-10-28-20-9-8-18(25-16-17-6-5-7-21(30-2)23(17)31-3)15-19(20)22(26-28)24(29)27-11-13-32-14-12-27/h4-7,18,25H,1,8-16H2,2-3H3/t18-/m0/s1. The van der Waals surface area contributed by atoms with E-state index in [0.29, 0.717) is 45.1 Å². The first-order chi connectivity index (χ1) is 15.7. The summed E-state index contributed by atoms with van der Waals surface area (Å²) in [5, 5.41) is 8.36. The number of hydrogen-bond donors (Lipinski definition) is 1. The molecule has 1 N–H and O–H groups in total. The molecule has 0 radical (unpaired) electrons. The molecule has 2 heterocycles. The van der Waals surface area contributed by atoms with Gasteiger partial charge in [-0.3, -0.25) is 9.48 Å². The van der Waals surface area contributed by atoms with Crippen LogP contribution in [-0.2, 0) is 30.7 Å². The highest BCUT2D eigenvalue weighted by atomic mass is 16.5. The van der Waals surface area contributed by atoms with E-state index in [0.717, 1.165) is 47.6 Å². The molecule has 1 aromatic heterocycles. The van der Waals surface area contributed by atoms with Gasteiger partial charge in [-0.15, -0.1) is 6.58 Å². The lowest BCUT2D eigenvalue weighted by Crippen LogP contribution is -2.41. The number of hydrogen-bond acceptors (Lipinski definition) is 6. The van der Waals surface area contributed by atoms with E-state index in [1.165, 1.54) is 0 Å². The number of amides is 1. The van der Waals surface area contributed by atoms with Gasteiger partial charge in [0.25, 0.3) is 5.91 Å². The summed E-state index contributed by atoms with van der Waals surface area (Å²) in [6, 6.07) is 6.15. The normalized spacial score (nSPS) is 18.2. The number of rotatable bonds is 8. The fourth-order valence-electron chi connectivity index (χ4n) is 4.57. The third-order valence-electron chi connectivity index (χ3n) is 6.22. The van der Waals surface area contributed by atoms with Gasteiger partial charge in [-0.25, -0.2) is 0 Å². The zero-order chi connectivity index (χ0) is 22.5. The second-order valence-electron chi connectivity index (χ2n) is 8.12. The van der Waals surface area contributed by atoms with Gasteiger partial charge in [0.05, 0.1) is 34.0 Å². The molecule has 1 aromatic carbocycles. The van der Waals surface area contributed by atoms with E-state index < -0.39 is 0 Å². The fraction of sp³-hybridized carbons (Fsp3) is 0.500. The lowest BCUT2D eigenvalue weighted by atomic mass is 9.90. The van der Waals surface area contributed by atoms with Crippen LogP contribution in [0.15, 0.2) is 30.9 Å². The Morgan fingerprint density at radius 1 is 1.31 bits per heavy atom. The average molecular weight is 441 g/mol.